The first-order valence-corrected chi connectivity index (χ1v) is 12.7. The number of pyridine rings is 2. The SMILES string of the molecule is CC(c1cnc(N2CC[C@H]2C)c2cnc(Nc3ccnc(N4CCC(O)CC4)n3)cc12)C1COC1. The zero-order chi connectivity index (χ0) is 23.9. The maximum Gasteiger partial charge on any atom is 0.227 e. The standard InChI is InChI=1S/C26H33N7O2/c1-16-4-10-33(16)25-22-13-28-24(11-20(22)21(12-29-25)17(2)18-14-35-15-18)30-23-3-7-27-26(31-23)32-8-5-19(34)6-9-32/h3,7,11-13,16-19,34H,4-6,8-10,14-15H2,1-2H3,(H,27,28,30,31)/t16-,17?/m1/s1. The largest absolute Gasteiger partial charge is 0.393 e. The Morgan fingerprint density at radius 1 is 1.03 bits per heavy atom. The highest BCUT2D eigenvalue weighted by Crippen LogP contribution is 2.39. The van der Waals surface area contributed by atoms with Crippen molar-refractivity contribution in [2.24, 2.45) is 5.92 Å². The van der Waals surface area contributed by atoms with E-state index >= 15 is 0 Å². The summed E-state index contributed by atoms with van der Waals surface area (Å²) in [5, 5.41) is 15.5. The summed E-state index contributed by atoms with van der Waals surface area (Å²) in [6.45, 7) is 8.69. The van der Waals surface area contributed by atoms with Gasteiger partial charge in [-0.05, 0) is 55.2 Å². The second kappa shape index (κ2) is 9.20. The number of rotatable bonds is 6. The monoisotopic (exact) mass is 475 g/mol. The molecule has 35 heavy (non-hydrogen) atoms. The Morgan fingerprint density at radius 2 is 1.86 bits per heavy atom. The molecular formula is C26H33N7O2. The Balaban J connectivity index is 1.32. The molecule has 1 unspecified atom stereocenters. The fourth-order valence-electron chi connectivity index (χ4n) is 5.20. The van der Waals surface area contributed by atoms with Crippen molar-refractivity contribution in [1.29, 1.82) is 0 Å². The maximum absolute atomic E-state index is 9.81. The van der Waals surface area contributed by atoms with E-state index in [1.165, 1.54) is 17.4 Å². The van der Waals surface area contributed by atoms with E-state index in [2.05, 4.69) is 46.2 Å². The normalized spacial score (nSPS) is 22.1. The molecule has 184 valence electrons. The summed E-state index contributed by atoms with van der Waals surface area (Å²) in [6.07, 6.45) is 8.23. The van der Waals surface area contributed by atoms with E-state index in [4.69, 9.17) is 19.7 Å². The molecule has 6 heterocycles. The molecular weight excluding hydrogens is 442 g/mol. The molecule has 0 radical (unpaired) electrons. The third-order valence-electron chi connectivity index (χ3n) is 7.88. The van der Waals surface area contributed by atoms with Crippen LogP contribution >= 0.6 is 0 Å². The summed E-state index contributed by atoms with van der Waals surface area (Å²) >= 11 is 0. The van der Waals surface area contributed by atoms with Crippen LogP contribution in [0.2, 0.25) is 0 Å². The molecule has 9 nitrogen and oxygen atoms in total. The molecule has 3 aromatic heterocycles. The summed E-state index contributed by atoms with van der Waals surface area (Å²) < 4.78 is 5.48. The molecule has 9 heteroatoms. The molecule has 3 saturated heterocycles. The fraction of sp³-hybridized carbons (Fsp3) is 0.538. The van der Waals surface area contributed by atoms with Crippen LogP contribution in [-0.2, 0) is 4.74 Å². The van der Waals surface area contributed by atoms with Crippen LogP contribution in [0.4, 0.5) is 23.4 Å². The number of hydrogen-bond acceptors (Lipinski definition) is 9. The van der Waals surface area contributed by atoms with E-state index in [1.807, 2.05) is 12.3 Å². The van der Waals surface area contributed by atoms with Gasteiger partial charge < -0.3 is 25.0 Å². The molecule has 6 rings (SSSR count). The third kappa shape index (κ3) is 4.27. The number of aliphatic hydroxyl groups is 1. The van der Waals surface area contributed by atoms with Crippen LogP contribution in [0.5, 0.6) is 0 Å². The quantitative estimate of drug-likeness (QED) is 0.555. The number of ether oxygens (including phenoxy) is 1. The Kier molecular flexibility index (Phi) is 5.89. The average molecular weight is 476 g/mol. The van der Waals surface area contributed by atoms with Crippen molar-refractivity contribution in [3.05, 3.63) is 36.3 Å². The summed E-state index contributed by atoms with van der Waals surface area (Å²) in [4.78, 5) is 23.3. The van der Waals surface area contributed by atoms with Gasteiger partial charge in [0, 0.05) is 55.6 Å². The molecule has 2 atom stereocenters. The van der Waals surface area contributed by atoms with Crippen molar-refractivity contribution in [3.63, 3.8) is 0 Å². The molecule has 0 saturated carbocycles. The van der Waals surface area contributed by atoms with Crippen molar-refractivity contribution in [3.8, 4) is 0 Å². The Labute approximate surface area is 205 Å². The van der Waals surface area contributed by atoms with Gasteiger partial charge in [-0.2, -0.15) is 4.98 Å². The zero-order valence-corrected chi connectivity index (χ0v) is 20.4. The molecule has 0 amide bonds. The minimum Gasteiger partial charge on any atom is -0.393 e. The van der Waals surface area contributed by atoms with Crippen LogP contribution in [-0.4, -0.2) is 70.0 Å². The maximum atomic E-state index is 9.81. The van der Waals surface area contributed by atoms with Gasteiger partial charge in [0.15, 0.2) is 0 Å². The van der Waals surface area contributed by atoms with Crippen molar-refractivity contribution >= 4 is 34.2 Å². The number of fused-ring (bicyclic) bond motifs is 1. The molecule has 3 aliphatic rings. The minimum atomic E-state index is -0.226. The molecule has 0 bridgehead atoms. The second-order valence-corrected chi connectivity index (χ2v) is 10.2. The van der Waals surface area contributed by atoms with Gasteiger partial charge in [-0.3, -0.25) is 0 Å². The van der Waals surface area contributed by atoms with Gasteiger partial charge >= 0.3 is 0 Å². The Bertz CT molecular complexity index is 1210. The van der Waals surface area contributed by atoms with Gasteiger partial charge in [0.2, 0.25) is 5.95 Å². The summed E-state index contributed by atoms with van der Waals surface area (Å²) in [5.74, 6) is 4.04. The second-order valence-electron chi connectivity index (χ2n) is 10.2. The number of aromatic nitrogens is 4. The average Bonchev–Trinajstić information content (AvgIpc) is 2.82. The molecule has 3 aromatic rings. The smallest absolute Gasteiger partial charge is 0.227 e. The lowest BCUT2D eigenvalue weighted by molar-refractivity contribution is -0.0422. The highest BCUT2D eigenvalue weighted by molar-refractivity contribution is 5.96. The van der Waals surface area contributed by atoms with Crippen LogP contribution in [0.25, 0.3) is 10.8 Å². The summed E-state index contributed by atoms with van der Waals surface area (Å²) in [6, 6.07) is 4.50. The number of hydrogen-bond donors (Lipinski definition) is 2. The number of anilines is 4. The highest BCUT2D eigenvalue weighted by atomic mass is 16.5. The van der Waals surface area contributed by atoms with Crippen LogP contribution in [0.15, 0.2) is 30.7 Å². The van der Waals surface area contributed by atoms with E-state index in [9.17, 15) is 5.11 Å². The molecule has 0 aromatic carbocycles. The topological polar surface area (TPSA) is 99.5 Å². The number of nitrogens with zero attached hydrogens (tertiary/aromatic N) is 6. The van der Waals surface area contributed by atoms with Gasteiger partial charge in [-0.15, -0.1) is 0 Å². The molecule has 0 spiro atoms. The first-order chi connectivity index (χ1) is 17.1. The van der Waals surface area contributed by atoms with E-state index < -0.39 is 0 Å². The minimum absolute atomic E-state index is 0.226. The molecule has 3 aliphatic heterocycles. The van der Waals surface area contributed by atoms with Crippen molar-refractivity contribution in [2.75, 3.05) is 48.0 Å². The molecule has 3 fully saturated rings. The van der Waals surface area contributed by atoms with E-state index in [1.54, 1.807) is 6.20 Å². The van der Waals surface area contributed by atoms with Gasteiger partial charge in [0.1, 0.15) is 17.5 Å². The predicted molar refractivity (Wildman–Crippen MR) is 136 cm³/mol. The number of nitrogens with one attached hydrogen (secondary N) is 1. The Morgan fingerprint density at radius 3 is 2.54 bits per heavy atom. The van der Waals surface area contributed by atoms with Gasteiger partial charge in [0.05, 0.1) is 19.3 Å². The molecule has 2 N–H and O–H groups in total. The lowest BCUT2D eigenvalue weighted by Crippen LogP contribution is -2.46. The highest BCUT2D eigenvalue weighted by Gasteiger charge is 2.31. The van der Waals surface area contributed by atoms with Crippen LogP contribution in [0.1, 0.15) is 44.6 Å². The van der Waals surface area contributed by atoms with E-state index in [0.717, 1.165) is 62.7 Å². The van der Waals surface area contributed by atoms with Crippen molar-refractivity contribution in [2.45, 2.75) is 51.2 Å². The molecule has 0 aliphatic carbocycles. The third-order valence-corrected chi connectivity index (χ3v) is 7.88. The summed E-state index contributed by atoms with van der Waals surface area (Å²) in [5.41, 5.74) is 1.24. The van der Waals surface area contributed by atoms with E-state index in [0.29, 0.717) is 29.6 Å². The van der Waals surface area contributed by atoms with Crippen molar-refractivity contribution in [1.82, 2.24) is 19.9 Å². The van der Waals surface area contributed by atoms with Gasteiger partial charge in [-0.25, -0.2) is 15.0 Å². The van der Waals surface area contributed by atoms with Gasteiger partial charge in [-0.1, -0.05) is 6.92 Å². The first kappa shape index (κ1) is 22.4. The number of aliphatic hydroxyl groups excluding tert-OH is 1. The first-order valence-electron chi connectivity index (χ1n) is 12.7. The fourth-order valence-corrected chi connectivity index (χ4v) is 5.20. The van der Waals surface area contributed by atoms with E-state index in [-0.39, 0.29) is 6.10 Å². The lowest BCUT2D eigenvalue weighted by Gasteiger charge is -2.40. The van der Waals surface area contributed by atoms with Crippen LogP contribution in [0.3, 0.4) is 0 Å². The van der Waals surface area contributed by atoms with Crippen LogP contribution in [0, 0.1) is 5.92 Å². The van der Waals surface area contributed by atoms with Gasteiger partial charge in [0.25, 0.3) is 0 Å². The van der Waals surface area contributed by atoms with Crippen molar-refractivity contribution < 1.29 is 9.84 Å². The lowest BCUT2D eigenvalue weighted by atomic mass is 9.85. The Hall–Kier alpha value is -3.04. The predicted octanol–water partition coefficient (Wildman–Crippen LogP) is 3.47. The van der Waals surface area contributed by atoms with Crippen LogP contribution < -0.4 is 15.1 Å². The number of piperidine rings is 1. The summed E-state index contributed by atoms with van der Waals surface area (Å²) in [7, 11) is 0. The zero-order valence-electron chi connectivity index (χ0n) is 20.4.